The van der Waals surface area contributed by atoms with Crippen molar-refractivity contribution in [2.24, 2.45) is 7.05 Å². The number of imidazole rings is 1. The molecule has 0 saturated heterocycles. The SMILES string of the molecule is Cn1cnc2c1CC(COc1ncccc1F)NC2. The van der Waals surface area contributed by atoms with Gasteiger partial charge in [-0.15, -0.1) is 0 Å². The predicted molar refractivity (Wildman–Crippen MR) is 67.2 cm³/mol. The minimum atomic E-state index is -0.431. The lowest BCUT2D eigenvalue weighted by Crippen LogP contribution is -2.40. The fraction of sp³-hybridized carbons (Fsp3) is 0.385. The van der Waals surface area contributed by atoms with Crippen LogP contribution >= 0.6 is 0 Å². The van der Waals surface area contributed by atoms with E-state index in [9.17, 15) is 4.39 Å². The van der Waals surface area contributed by atoms with Crippen molar-refractivity contribution in [1.29, 1.82) is 0 Å². The number of pyridine rings is 1. The summed E-state index contributed by atoms with van der Waals surface area (Å²) in [4.78, 5) is 8.18. The molecule has 1 aliphatic heterocycles. The molecule has 1 unspecified atom stereocenters. The van der Waals surface area contributed by atoms with Crippen molar-refractivity contribution in [3.63, 3.8) is 0 Å². The van der Waals surface area contributed by atoms with Gasteiger partial charge in [-0.05, 0) is 12.1 Å². The zero-order valence-corrected chi connectivity index (χ0v) is 10.6. The van der Waals surface area contributed by atoms with E-state index in [0.717, 1.165) is 18.7 Å². The van der Waals surface area contributed by atoms with Crippen molar-refractivity contribution in [1.82, 2.24) is 19.9 Å². The second kappa shape index (κ2) is 4.97. The summed E-state index contributed by atoms with van der Waals surface area (Å²) in [6.45, 7) is 1.10. The Morgan fingerprint density at radius 3 is 3.26 bits per heavy atom. The first-order valence-electron chi connectivity index (χ1n) is 6.20. The van der Waals surface area contributed by atoms with Gasteiger partial charge >= 0.3 is 0 Å². The Hall–Kier alpha value is -1.95. The second-order valence-electron chi connectivity index (χ2n) is 4.63. The molecule has 2 aromatic heterocycles. The molecule has 19 heavy (non-hydrogen) atoms. The van der Waals surface area contributed by atoms with Crippen LogP contribution in [0.15, 0.2) is 24.7 Å². The van der Waals surface area contributed by atoms with Crippen molar-refractivity contribution in [3.05, 3.63) is 41.9 Å². The Labute approximate surface area is 110 Å². The van der Waals surface area contributed by atoms with E-state index in [1.807, 2.05) is 17.9 Å². The first-order valence-corrected chi connectivity index (χ1v) is 6.20. The summed E-state index contributed by atoms with van der Waals surface area (Å²) >= 11 is 0. The van der Waals surface area contributed by atoms with E-state index < -0.39 is 5.82 Å². The maximum absolute atomic E-state index is 13.4. The predicted octanol–water partition coefficient (Wildman–Crippen LogP) is 1.05. The van der Waals surface area contributed by atoms with E-state index in [4.69, 9.17) is 4.74 Å². The van der Waals surface area contributed by atoms with Crippen molar-refractivity contribution < 1.29 is 9.13 Å². The molecule has 3 rings (SSSR count). The summed E-state index contributed by atoms with van der Waals surface area (Å²) in [5, 5.41) is 3.33. The summed E-state index contributed by atoms with van der Waals surface area (Å²) in [6, 6.07) is 3.03. The number of nitrogens with zero attached hydrogens (tertiary/aromatic N) is 3. The number of hydrogen-bond acceptors (Lipinski definition) is 4. The molecule has 6 heteroatoms. The Kier molecular flexibility index (Phi) is 3.16. The molecular weight excluding hydrogens is 247 g/mol. The Balaban J connectivity index is 1.64. The van der Waals surface area contributed by atoms with Crippen molar-refractivity contribution in [2.45, 2.75) is 19.0 Å². The van der Waals surface area contributed by atoms with Gasteiger partial charge in [0.15, 0.2) is 5.82 Å². The van der Waals surface area contributed by atoms with Gasteiger partial charge in [-0.3, -0.25) is 0 Å². The summed E-state index contributed by atoms with van der Waals surface area (Å²) < 4.78 is 20.8. The quantitative estimate of drug-likeness (QED) is 0.898. The summed E-state index contributed by atoms with van der Waals surface area (Å²) in [5.74, 6) is -0.375. The molecule has 1 N–H and O–H groups in total. The highest BCUT2D eigenvalue weighted by Crippen LogP contribution is 2.16. The number of fused-ring (bicyclic) bond motifs is 1. The minimum absolute atomic E-state index is 0.0557. The van der Waals surface area contributed by atoms with Crippen LogP contribution in [0.1, 0.15) is 11.4 Å². The van der Waals surface area contributed by atoms with E-state index >= 15 is 0 Å². The molecule has 0 fully saturated rings. The van der Waals surface area contributed by atoms with Crippen molar-refractivity contribution in [2.75, 3.05) is 6.61 Å². The first-order chi connectivity index (χ1) is 9.24. The van der Waals surface area contributed by atoms with Crippen LogP contribution in [0.4, 0.5) is 4.39 Å². The number of rotatable bonds is 3. The van der Waals surface area contributed by atoms with Gasteiger partial charge in [0.2, 0.25) is 5.88 Å². The first kappa shape index (κ1) is 12.1. The van der Waals surface area contributed by atoms with Crippen molar-refractivity contribution >= 4 is 0 Å². The average Bonchev–Trinajstić information content (AvgIpc) is 2.79. The third-order valence-corrected chi connectivity index (χ3v) is 3.29. The maximum Gasteiger partial charge on any atom is 0.250 e. The zero-order chi connectivity index (χ0) is 13.2. The third-order valence-electron chi connectivity index (χ3n) is 3.29. The van der Waals surface area contributed by atoms with E-state index in [2.05, 4.69) is 15.3 Å². The fourth-order valence-corrected chi connectivity index (χ4v) is 2.23. The molecular formula is C13H15FN4O. The van der Waals surface area contributed by atoms with E-state index in [0.29, 0.717) is 6.61 Å². The van der Waals surface area contributed by atoms with Gasteiger partial charge in [0.1, 0.15) is 6.61 Å². The highest BCUT2D eigenvalue weighted by Gasteiger charge is 2.22. The molecule has 0 radical (unpaired) electrons. The van der Waals surface area contributed by atoms with E-state index in [1.54, 1.807) is 6.07 Å². The zero-order valence-electron chi connectivity index (χ0n) is 10.6. The number of aryl methyl sites for hydroxylation is 1. The number of aromatic nitrogens is 3. The summed E-state index contributed by atoms with van der Waals surface area (Å²) in [5.41, 5.74) is 2.27. The number of halogens is 1. The number of ether oxygens (including phenoxy) is 1. The molecule has 0 bridgehead atoms. The monoisotopic (exact) mass is 262 g/mol. The molecule has 100 valence electrons. The van der Waals surface area contributed by atoms with Gasteiger partial charge in [-0.25, -0.2) is 14.4 Å². The topological polar surface area (TPSA) is 52.0 Å². The van der Waals surface area contributed by atoms with Gasteiger partial charge in [-0.2, -0.15) is 0 Å². The summed E-state index contributed by atoms with van der Waals surface area (Å²) in [6.07, 6.45) is 4.15. The molecule has 5 nitrogen and oxygen atoms in total. The normalized spacial score (nSPS) is 18.1. The molecule has 0 aromatic carbocycles. The molecule has 0 amide bonds. The molecule has 0 spiro atoms. The molecule has 1 aliphatic rings. The molecule has 0 saturated carbocycles. The van der Waals surface area contributed by atoms with Crippen LogP contribution in [0.25, 0.3) is 0 Å². The lowest BCUT2D eigenvalue weighted by molar-refractivity contribution is 0.236. The van der Waals surface area contributed by atoms with E-state index in [1.165, 1.54) is 18.0 Å². The van der Waals surface area contributed by atoms with Crippen LogP contribution in [0.2, 0.25) is 0 Å². The lowest BCUT2D eigenvalue weighted by atomic mass is 10.1. The number of hydrogen-bond donors (Lipinski definition) is 1. The minimum Gasteiger partial charge on any atom is -0.474 e. The van der Waals surface area contributed by atoms with Gasteiger partial charge in [0.25, 0.3) is 0 Å². The third kappa shape index (κ3) is 2.44. The van der Waals surface area contributed by atoms with E-state index in [-0.39, 0.29) is 11.9 Å². The standard InChI is InChI=1S/C13H15FN4O/c1-18-8-17-11-6-16-9(5-12(11)18)7-19-13-10(14)3-2-4-15-13/h2-4,8-9,16H,5-7H2,1H3. The molecule has 2 aromatic rings. The second-order valence-corrected chi connectivity index (χ2v) is 4.63. The van der Waals surface area contributed by atoms with Crippen LogP contribution < -0.4 is 10.1 Å². The van der Waals surface area contributed by atoms with Gasteiger partial charge in [0.05, 0.1) is 12.0 Å². The maximum atomic E-state index is 13.4. The average molecular weight is 262 g/mol. The Morgan fingerprint density at radius 2 is 2.42 bits per heavy atom. The largest absolute Gasteiger partial charge is 0.474 e. The van der Waals surface area contributed by atoms with Crippen LogP contribution in [-0.4, -0.2) is 27.2 Å². The smallest absolute Gasteiger partial charge is 0.250 e. The molecule has 0 aliphatic carbocycles. The highest BCUT2D eigenvalue weighted by atomic mass is 19.1. The highest BCUT2D eigenvalue weighted by molar-refractivity contribution is 5.18. The Morgan fingerprint density at radius 1 is 1.53 bits per heavy atom. The van der Waals surface area contributed by atoms with Crippen LogP contribution in [0.3, 0.4) is 0 Å². The van der Waals surface area contributed by atoms with Gasteiger partial charge < -0.3 is 14.6 Å². The molecule has 1 atom stereocenters. The molecule has 3 heterocycles. The fourth-order valence-electron chi connectivity index (χ4n) is 2.23. The van der Waals surface area contributed by atoms with Crippen LogP contribution in [0.5, 0.6) is 5.88 Å². The Bertz CT molecular complexity index is 584. The summed E-state index contributed by atoms with van der Waals surface area (Å²) in [7, 11) is 1.98. The van der Waals surface area contributed by atoms with Gasteiger partial charge in [0, 0.05) is 37.9 Å². The van der Waals surface area contributed by atoms with Gasteiger partial charge in [-0.1, -0.05) is 0 Å². The van der Waals surface area contributed by atoms with Crippen molar-refractivity contribution in [3.8, 4) is 5.88 Å². The van der Waals surface area contributed by atoms with Crippen LogP contribution in [-0.2, 0) is 20.0 Å². The number of nitrogens with one attached hydrogen (secondary N) is 1. The van der Waals surface area contributed by atoms with Crippen LogP contribution in [0, 0.1) is 5.82 Å². The lowest BCUT2D eigenvalue weighted by Gasteiger charge is -2.24.